The number of anilines is 1. The van der Waals surface area contributed by atoms with Crippen LogP contribution in [0.3, 0.4) is 0 Å². The molecule has 0 radical (unpaired) electrons. The maximum absolute atomic E-state index is 11.7. The second-order valence-corrected chi connectivity index (χ2v) is 4.72. The summed E-state index contributed by atoms with van der Waals surface area (Å²) in [6.45, 7) is 6.13. The van der Waals surface area contributed by atoms with Crippen LogP contribution in [0, 0.1) is 0 Å². The minimum atomic E-state index is -0.0562. The van der Waals surface area contributed by atoms with Gasteiger partial charge < -0.3 is 11.1 Å². The third-order valence-electron chi connectivity index (χ3n) is 3.63. The van der Waals surface area contributed by atoms with Gasteiger partial charge in [-0.3, -0.25) is 4.79 Å². The second kappa shape index (κ2) is 4.49. The van der Waals surface area contributed by atoms with Gasteiger partial charge in [-0.15, -0.1) is 0 Å². The van der Waals surface area contributed by atoms with Gasteiger partial charge >= 0.3 is 0 Å². The summed E-state index contributed by atoms with van der Waals surface area (Å²) in [4.78, 5) is 11.7. The SMILES string of the molecule is CCc1cc(C(N)CC)cc2c1NC(=O)C2C. The van der Waals surface area contributed by atoms with Gasteiger partial charge in [-0.05, 0) is 36.5 Å². The summed E-state index contributed by atoms with van der Waals surface area (Å²) < 4.78 is 0. The normalized spacial score (nSPS) is 20.0. The molecule has 0 aromatic heterocycles. The van der Waals surface area contributed by atoms with Gasteiger partial charge in [0.05, 0.1) is 5.92 Å². The van der Waals surface area contributed by atoms with E-state index >= 15 is 0 Å². The van der Waals surface area contributed by atoms with Gasteiger partial charge in [0.25, 0.3) is 0 Å². The molecule has 1 amide bonds. The highest BCUT2D eigenvalue weighted by Crippen LogP contribution is 2.37. The maximum Gasteiger partial charge on any atom is 0.231 e. The molecule has 17 heavy (non-hydrogen) atoms. The van der Waals surface area contributed by atoms with Crippen molar-refractivity contribution < 1.29 is 4.79 Å². The third kappa shape index (κ3) is 1.95. The number of rotatable bonds is 3. The molecule has 92 valence electrons. The Morgan fingerprint density at radius 1 is 1.41 bits per heavy atom. The summed E-state index contributed by atoms with van der Waals surface area (Å²) in [6.07, 6.45) is 1.83. The van der Waals surface area contributed by atoms with Gasteiger partial charge in [0, 0.05) is 11.7 Å². The van der Waals surface area contributed by atoms with E-state index in [4.69, 9.17) is 5.73 Å². The van der Waals surface area contributed by atoms with Crippen molar-refractivity contribution in [3.05, 3.63) is 28.8 Å². The number of nitrogens with one attached hydrogen (secondary N) is 1. The molecular formula is C14H20N2O. The predicted molar refractivity (Wildman–Crippen MR) is 70.1 cm³/mol. The van der Waals surface area contributed by atoms with Gasteiger partial charge in [-0.1, -0.05) is 26.0 Å². The first-order valence-corrected chi connectivity index (χ1v) is 6.31. The Morgan fingerprint density at radius 3 is 2.71 bits per heavy atom. The zero-order chi connectivity index (χ0) is 12.6. The standard InChI is InChI=1S/C14H20N2O/c1-4-9-6-10(12(15)5-2)7-11-8(3)14(17)16-13(9)11/h6-8,12H,4-5,15H2,1-3H3,(H,16,17). The number of hydrogen-bond acceptors (Lipinski definition) is 2. The van der Waals surface area contributed by atoms with Gasteiger partial charge in [0.2, 0.25) is 5.91 Å². The number of fused-ring (bicyclic) bond motifs is 1. The molecule has 3 N–H and O–H groups in total. The molecule has 3 heteroatoms. The number of aryl methyl sites for hydroxylation is 1. The van der Waals surface area contributed by atoms with E-state index in [1.807, 2.05) is 6.92 Å². The maximum atomic E-state index is 11.7. The van der Waals surface area contributed by atoms with Crippen LogP contribution >= 0.6 is 0 Å². The second-order valence-electron chi connectivity index (χ2n) is 4.72. The van der Waals surface area contributed by atoms with Crippen LogP contribution in [0.4, 0.5) is 5.69 Å². The topological polar surface area (TPSA) is 55.1 Å². The van der Waals surface area contributed by atoms with Crippen molar-refractivity contribution in [2.24, 2.45) is 5.73 Å². The first-order valence-electron chi connectivity index (χ1n) is 6.31. The molecule has 1 aromatic carbocycles. The molecule has 1 aliphatic heterocycles. The van der Waals surface area contributed by atoms with Crippen molar-refractivity contribution in [3.8, 4) is 0 Å². The first kappa shape index (κ1) is 12.1. The van der Waals surface area contributed by atoms with Gasteiger partial charge in [0.15, 0.2) is 0 Å². The molecule has 1 heterocycles. The van der Waals surface area contributed by atoms with E-state index < -0.39 is 0 Å². The molecule has 0 aliphatic carbocycles. The number of nitrogens with two attached hydrogens (primary N) is 1. The lowest BCUT2D eigenvalue weighted by Crippen LogP contribution is -2.10. The lowest BCUT2D eigenvalue weighted by Gasteiger charge is -2.15. The quantitative estimate of drug-likeness (QED) is 0.842. The third-order valence-corrected chi connectivity index (χ3v) is 3.63. The number of benzene rings is 1. The molecule has 0 saturated heterocycles. The minimum Gasteiger partial charge on any atom is -0.325 e. The van der Waals surface area contributed by atoms with E-state index in [1.54, 1.807) is 0 Å². The van der Waals surface area contributed by atoms with Crippen LogP contribution in [0.5, 0.6) is 0 Å². The van der Waals surface area contributed by atoms with Crippen molar-refractivity contribution in [2.75, 3.05) is 5.32 Å². The van der Waals surface area contributed by atoms with Crippen LogP contribution in [0.15, 0.2) is 12.1 Å². The van der Waals surface area contributed by atoms with E-state index in [1.165, 1.54) is 5.56 Å². The van der Waals surface area contributed by atoms with Crippen molar-refractivity contribution in [3.63, 3.8) is 0 Å². The molecule has 0 bridgehead atoms. The lowest BCUT2D eigenvalue weighted by atomic mass is 9.93. The molecule has 3 nitrogen and oxygen atoms in total. The molecule has 0 saturated carbocycles. The van der Waals surface area contributed by atoms with Crippen molar-refractivity contribution in [1.29, 1.82) is 0 Å². The Balaban J connectivity index is 2.53. The van der Waals surface area contributed by atoms with Gasteiger partial charge in [0.1, 0.15) is 0 Å². The lowest BCUT2D eigenvalue weighted by molar-refractivity contribution is -0.116. The van der Waals surface area contributed by atoms with Crippen LogP contribution in [0.25, 0.3) is 0 Å². The number of carbonyl (C=O) groups is 1. The fourth-order valence-corrected chi connectivity index (χ4v) is 2.35. The molecule has 1 aliphatic rings. The van der Waals surface area contributed by atoms with E-state index in [-0.39, 0.29) is 17.9 Å². The number of carbonyl (C=O) groups excluding carboxylic acids is 1. The molecule has 0 spiro atoms. The fraction of sp³-hybridized carbons (Fsp3) is 0.500. The Labute approximate surface area is 102 Å². The highest BCUT2D eigenvalue weighted by Gasteiger charge is 2.29. The Kier molecular flexibility index (Phi) is 3.20. The largest absolute Gasteiger partial charge is 0.325 e. The summed E-state index contributed by atoms with van der Waals surface area (Å²) in [7, 11) is 0. The molecule has 1 aromatic rings. The van der Waals surface area contributed by atoms with Crippen molar-refractivity contribution in [1.82, 2.24) is 0 Å². The van der Waals surface area contributed by atoms with Crippen LogP contribution in [0.1, 0.15) is 55.8 Å². The number of hydrogen-bond donors (Lipinski definition) is 2. The molecule has 2 rings (SSSR count). The highest BCUT2D eigenvalue weighted by molar-refractivity contribution is 6.03. The van der Waals surface area contributed by atoms with Crippen LogP contribution < -0.4 is 11.1 Å². The smallest absolute Gasteiger partial charge is 0.231 e. The number of amides is 1. The summed E-state index contributed by atoms with van der Waals surface area (Å²) in [6, 6.07) is 4.28. The minimum absolute atomic E-state index is 0.0562. The van der Waals surface area contributed by atoms with Crippen molar-refractivity contribution >= 4 is 11.6 Å². The molecule has 2 unspecified atom stereocenters. The van der Waals surface area contributed by atoms with E-state index in [9.17, 15) is 4.79 Å². The van der Waals surface area contributed by atoms with E-state index in [2.05, 4.69) is 31.3 Å². The monoisotopic (exact) mass is 232 g/mol. The molecular weight excluding hydrogens is 212 g/mol. The zero-order valence-corrected chi connectivity index (χ0v) is 10.7. The Hall–Kier alpha value is -1.35. The fourth-order valence-electron chi connectivity index (χ4n) is 2.35. The molecule has 0 fully saturated rings. The average molecular weight is 232 g/mol. The Morgan fingerprint density at radius 2 is 2.12 bits per heavy atom. The summed E-state index contributed by atoms with van der Waals surface area (Å²) >= 11 is 0. The summed E-state index contributed by atoms with van der Waals surface area (Å²) in [5.41, 5.74) is 10.5. The highest BCUT2D eigenvalue weighted by atomic mass is 16.2. The molecule has 2 atom stereocenters. The first-order chi connectivity index (χ1) is 8.08. The predicted octanol–water partition coefficient (Wildman–Crippen LogP) is 2.71. The summed E-state index contributed by atoms with van der Waals surface area (Å²) in [5, 5.41) is 2.97. The van der Waals surface area contributed by atoms with Crippen LogP contribution in [0.2, 0.25) is 0 Å². The van der Waals surface area contributed by atoms with Gasteiger partial charge in [-0.2, -0.15) is 0 Å². The van der Waals surface area contributed by atoms with E-state index in [0.717, 1.165) is 29.7 Å². The van der Waals surface area contributed by atoms with Crippen LogP contribution in [-0.4, -0.2) is 5.91 Å². The van der Waals surface area contributed by atoms with Crippen LogP contribution in [-0.2, 0) is 11.2 Å². The average Bonchev–Trinajstić information content (AvgIpc) is 2.63. The van der Waals surface area contributed by atoms with Gasteiger partial charge in [-0.25, -0.2) is 0 Å². The Bertz CT molecular complexity index is 454. The van der Waals surface area contributed by atoms with E-state index in [0.29, 0.717) is 0 Å². The van der Waals surface area contributed by atoms with Crippen molar-refractivity contribution in [2.45, 2.75) is 45.6 Å². The zero-order valence-electron chi connectivity index (χ0n) is 10.7. The summed E-state index contributed by atoms with van der Waals surface area (Å²) in [5.74, 6) is 0.0382.